The molecule has 0 aliphatic heterocycles. The van der Waals surface area contributed by atoms with Gasteiger partial charge in [-0.1, -0.05) is 0 Å². The van der Waals surface area contributed by atoms with Gasteiger partial charge in [-0.25, -0.2) is 18.2 Å². The Bertz CT molecular complexity index is 534. The van der Waals surface area contributed by atoms with Crippen LogP contribution in [0.25, 0.3) is 0 Å². The van der Waals surface area contributed by atoms with E-state index in [1.54, 1.807) is 0 Å². The first-order valence-corrected chi connectivity index (χ1v) is 4.59. The molecule has 1 aromatic heterocycles. The molecular formula is C11H6F4N2. The molecule has 0 saturated carbocycles. The summed E-state index contributed by atoms with van der Waals surface area (Å²) < 4.78 is 51.9. The number of hydrogen-bond acceptors (Lipinski definition) is 2. The highest BCUT2D eigenvalue weighted by Crippen LogP contribution is 2.24. The molecule has 0 fully saturated rings. The molecule has 0 aliphatic carbocycles. The molecule has 0 amide bonds. The summed E-state index contributed by atoms with van der Waals surface area (Å²) in [5.41, 5.74) is -0.432. The Labute approximate surface area is 93.9 Å². The molecule has 2 nitrogen and oxygen atoms in total. The summed E-state index contributed by atoms with van der Waals surface area (Å²) in [7, 11) is 0. The Morgan fingerprint density at radius 2 is 1.59 bits per heavy atom. The average Bonchev–Trinajstić information content (AvgIpc) is 2.23. The summed E-state index contributed by atoms with van der Waals surface area (Å²) in [6, 6.07) is 3.35. The molecule has 1 aromatic carbocycles. The molecule has 17 heavy (non-hydrogen) atoms. The van der Waals surface area contributed by atoms with E-state index in [-0.39, 0.29) is 5.69 Å². The molecule has 2 aromatic rings. The minimum atomic E-state index is -1.10. The third kappa shape index (κ3) is 2.52. The fraction of sp³-hybridized carbons (Fsp3) is 0. The number of halogens is 4. The van der Waals surface area contributed by atoms with Gasteiger partial charge in [-0.3, -0.25) is 0 Å². The van der Waals surface area contributed by atoms with Crippen LogP contribution in [0.3, 0.4) is 0 Å². The highest BCUT2D eigenvalue weighted by molar-refractivity contribution is 5.60. The standard InChI is InChI=1S/C11H6F4N2/c12-6-3-8(13)11(9(14)4-6)17-7-1-2-16-10(15)5-7/h1-5H,(H,16,17). The van der Waals surface area contributed by atoms with Crippen molar-refractivity contribution in [1.82, 2.24) is 4.98 Å². The molecule has 88 valence electrons. The van der Waals surface area contributed by atoms with Crippen LogP contribution >= 0.6 is 0 Å². The third-order valence-electron chi connectivity index (χ3n) is 2.00. The van der Waals surface area contributed by atoms with Gasteiger partial charge in [0, 0.05) is 30.1 Å². The van der Waals surface area contributed by atoms with Crippen molar-refractivity contribution < 1.29 is 17.6 Å². The van der Waals surface area contributed by atoms with E-state index < -0.39 is 29.1 Å². The molecular weight excluding hydrogens is 236 g/mol. The maximum Gasteiger partial charge on any atom is 0.214 e. The molecule has 0 unspecified atom stereocenters. The van der Waals surface area contributed by atoms with Crippen molar-refractivity contribution in [1.29, 1.82) is 0 Å². The summed E-state index contributed by atoms with van der Waals surface area (Å²) in [6.07, 6.45) is 1.14. The molecule has 0 bridgehead atoms. The molecule has 6 heteroatoms. The van der Waals surface area contributed by atoms with Gasteiger partial charge in [-0.15, -0.1) is 0 Å². The van der Waals surface area contributed by atoms with E-state index in [4.69, 9.17) is 0 Å². The summed E-state index contributed by atoms with van der Waals surface area (Å²) >= 11 is 0. The molecule has 0 atom stereocenters. The first-order chi connectivity index (χ1) is 8.06. The lowest BCUT2D eigenvalue weighted by molar-refractivity contribution is 0.548. The van der Waals surface area contributed by atoms with Crippen LogP contribution in [-0.4, -0.2) is 4.98 Å². The van der Waals surface area contributed by atoms with Crippen molar-refractivity contribution in [3.63, 3.8) is 0 Å². The van der Waals surface area contributed by atoms with Crippen molar-refractivity contribution in [2.75, 3.05) is 5.32 Å². The maximum atomic E-state index is 13.2. The SMILES string of the molecule is Fc1cc(F)c(Nc2ccnc(F)c2)c(F)c1. The number of rotatable bonds is 2. The molecule has 1 heterocycles. The van der Waals surface area contributed by atoms with Crippen molar-refractivity contribution in [3.05, 3.63) is 53.9 Å². The van der Waals surface area contributed by atoms with Gasteiger partial charge in [0.2, 0.25) is 5.95 Å². The average molecular weight is 242 g/mol. The molecule has 0 aliphatic rings. The van der Waals surface area contributed by atoms with Crippen molar-refractivity contribution in [2.24, 2.45) is 0 Å². The fourth-order valence-corrected chi connectivity index (χ4v) is 1.29. The Kier molecular flexibility index (Phi) is 2.95. The van der Waals surface area contributed by atoms with Crippen molar-refractivity contribution in [2.45, 2.75) is 0 Å². The Morgan fingerprint density at radius 1 is 0.941 bits per heavy atom. The number of pyridine rings is 1. The van der Waals surface area contributed by atoms with E-state index in [2.05, 4.69) is 10.3 Å². The Morgan fingerprint density at radius 3 is 2.18 bits per heavy atom. The lowest BCUT2D eigenvalue weighted by Gasteiger charge is -2.08. The second kappa shape index (κ2) is 4.40. The van der Waals surface area contributed by atoms with Crippen LogP contribution in [-0.2, 0) is 0 Å². The predicted octanol–water partition coefficient (Wildman–Crippen LogP) is 3.38. The first kappa shape index (κ1) is 11.4. The minimum absolute atomic E-state index is 0.113. The summed E-state index contributed by atoms with van der Waals surface area (Å²) in [4.78, 5) is 3.29. The van der Waals surface area contributed by atoms with Crippen molar-refractivity contribution in [3.8, 4) is 0 Å². The zero-order valence-electron chi connectivity index (χ0n) is 8.35. The topological polar surface area (TPSA) is 24.9 Å². The number of benzene rings is 1. The lowest BCUT2D eigenvalue weighted by atomic mass is 10.2. The van der Waals surface area contributed by atoms with Gasteiger partial charge in [0.05, 0.1) is 0 Å². The van der Waals surface area contributed by atoms with Gasteiger partial charge in [-0.2, -0.15) is 4.39 Å². The van der Waals surface area contributed by atoms with E-state index in [0.717, 1.165) is 12.3 Å². The van der Waals surface area contributed by atoms with Crippen LogP contribution in [0.1, 0.15) is 0 Å². The van der Waals surface area contributed by atoms with Gasteiger partial charge in [0.25, 0.3) is 0 Å². The molecule has 0 spiro atoms. The third-order valence-corrected chi connectivity index (χ3v) is 2.00. The number of anilines is 2. The number of nitrogens with zero attached hydrogens (tertiary/aromatic N) is 1. The molecule has 1 N–H and O–H groups in total. The molecule has 2 rings (SSSR count). The van der Waals surface area contributed by atoms with Gasteiger partial charge in [0.15, 0.2) is 11.6 Å². The Hall–Kier alpha value is -2.11. The Balaban J connectivity index is 2.36. The highest BCUT2D eigenvalue weighted by Gasteiger charge is 2.11. The van der Waals surface area contributed by atoms with Gasteiger partial charge >= 0.3 is 0 Å². The van der Waals surface area contributed by atoms with Gasteiger partial charge < -0.3 is 5.32 Å². The van der Waals surface area contributed by atoms with E-state index in [9.17, 15) is 17.6 Å². The van der Waals surface area contributed by atoms with E-state index >= 15 is 0 Å². The minimum Gasteiger partial charge on any atom is -0.351 e. The van der Waals surface area contributed by atoms with Crippen LogP contribution < -0.4 is 5.32 Å². The smallest absolute Gasteiger partial charge is 0.214 e. The number of nitrogens with one attached hydrogen (secondary N) is 1. The normalized spacial score (nSPS) is 10.4. The maximum absolute atomic E-state index is 13.2. The van der Waals surface area contributed by atoms with Gasteiger partial charge in [0.1, 0.15) is 11.5 Å². The summed E-state index contributed by atoms with van der Waals surface area (Å²) in [5, 5.41) is 2.31. The lowest BCUT2D eigenvalue weighted by Crippen LogP contribution is -1.99. The van der Waals surface area contributed by atoms with E-state index in [0.29, 0.717) is 12.1 Å². The fourth-order valence-electron chi connectivity index (χ4n) is 1.29. The quantitative estimate of drug-likeness (QED) is 0.645. The zero-order chi connectivity index (χ0) is 12.4. The van der Waals surface area contributed by atoms with Crippen LogP contribution in [0.5, 0.6) is 0 Å². The monoisotopic (exact) mass is 242 g/mol. The van der Waals surface area contributed by atoms with Crippen LogP contribution in [0, 0.1) is 23.4 Å². The van der Waals surface area contributed by atoms with E-state index in [1.807, 2.05) is 0 Å². The van der Waals surface area contributed by atoms with E-state index in [1.165, 1.54) is 6.07 Å². The van der Waals surface area contributed by atoms with Crippen molar-refractivity contribution >= 4 is 11.4 Å². The predicted molar refractivity (Wildman–Crippen MR) is 53.8 cm³/mol. The van der Waals surface area contributed by atoms with Crippen LogP contribution in [0.2, 0.25) is 0 Å². The highest BCUT2D eigenvalue weighted by atomic mass is 19.1. The second-order valence-electron chi connectivity index (χ2n) is 3.24. The first-order valence-electron chi connectivity index (χ1n) is 4.59. The van der Waals surface area contributed by atoms with Crippen LogP contribution in [0.15, 0.2) is 30.5 Å². The molecule has 0 saturated heterocycles. The summed E-state index contributed by atoms with van der Waals surface area (Å²) in [5.74, 6) is -4.01. The second-order valence-corrected chi connectivity index (χ2v) is 3.24. The zero-order valence-corrected chi connectivity index (χ0v) is 8.35. The summed E-state index contributed by atoms with van der Waals surface area (Å²) in [6.45, 7) is 0. The number of hydrogen-bond donors (Lipinski definition) is 1. The van der Waals surface area contributed by atoms with Gasteiger partial charge in [-0.05, 0) is 6.07 Å². The van der Waals surface area contributed by atoms with Crippen LogP contribution in [0.4, 0.5) is 28.9 Å². The number of aromatic nitrogens is 1. The largest absolute Gasteiger partial charge is 0.351 e. The molecule has 0 radical (unpaired) electrons.